The van der Waals surface area contributed by atoms with Crippen molar-refractivity contribution in [2.45, 2.75) is 22.6 Å². The Bertz CT molecular complexity index is 1570. The number of ketones is 4. The lowest BCUT2D eigenvalue weighted by Crippen LogP contribution is -2.39. The van der Waals surface area contributed by atoms with Gasteiger partial charge in [-0.1, -0.05) is 0 Å². The Kier molecular flexibility index (Phi) is 7.57. The first kappa shape index (κ1) is 29.0. The molecule has 4 atom stereocenters. The van der Waals surface area contributed by atoms with Crippen molar-refractivity contribution in [3.05, 3.63) is 58.7 Å². The number of hydrogen-bond acceptors (Lipinski definition) is 10. The molecule has 4 unspecified atom stereocenters. The fraction of sp³-hybridized carbons (Fsp3) is 0.400. The lowest BCUT2D eigenvalue weighted by atomic mass is 10.0. The van der Waals surface area contributed by atoms with Crippen LogP contribution < -0.4 is 10.6 Å². The van der Waals surface area contributed by atoms with Gasteiger partial charge in [0.1, 0.15) is 0 Å². The third-order valence-corrected chi connectivity index (χ3v) is 10.2. The van der Waals surface area contributed by atoms with Gasteiger partial charge in [0.15, 0.2) is 35.0 Å². The molecule has 13 heteroatoms. The van der Waals surface area contributed by atoms with Crippen molar-refractivity contribution >= 4 is 44.8 Å². The molecule has 0 aromatic heterocycles. The number of ether oxygens (including phenoxy) is 2. The van der Waals surface area contributed by atoms with Crippen molar-refractivity contribution < 1.29 is 46.7 Å². The van der Waals surface area contributed by atoms with Crippen LogP contribution >= 0.6 is 0 Å². The first-order valence-electron chi connectivity index (χ1n) is 14.0. The average molecular weight is 609 g/mol. The Morgan fingerprint density at radius 2 is 1.05 bits per heavy atom. The van der Waals surface area contributed by atoms with Crippen LogP contribution in [-0.4, -0.2) is 82.9 Å². The molecule has 2 heterocycles. The van der Waals surface area contributed by atoms with Crippen LogP contribution in [0, 0.1) is 23.7 Å². The minimum Gasteiger partial charge on any atom is -0.381 e. The molecule has 224 valence electrons. The predicted molar refractivity (Wildman–Crippen MR) is 147 cm³/mol. The molecule has 4 aliphatic rings. The number of hydrogen-bond donors (Lipinski definition) is 2. The molecule has 2 saturated heterocycles. The van der Waals surface area contributed by atoms with Crippen molar-refractivity contribution in [3.63, 3.8) is 0 Å². The molecule has 0 spiro atoms. The smallest absolute Gasteiger partial charge is 0.238 e. The van der Waals surface area contributed by atoms with Gasteiger partial charge in [-0.3, -0.25) is 28.8 Å². The van der Waals surface area contributed by atoms with E-state index in [0.717, 1.165) is 37.1 Å². The van der Waals surface area contributed by atoms with Gasteiger partial charge in [-0.25, -0.2) is 8.42 Å². The summed E-state index contributed by atoms with van der Waals surface area (Å²) in [5, 5.41) is 5.25. The summed E-state index contributed by atoms with van der Waals surface area (Å²) in [4.78, 5) is 76.8. The second-order valence-electron chi connectivity index (χ2n) is 11.2. The molecule has 6 rings (SSSR count). The summed E-state index contributed by atoms with van der Waals surface area (Å²) in [6.45, 7) is 2.60. The van der Waals surface area contributed by atoms with Crippen LogP contribution in [0.4, 0.5) is 0 Å². The Labute approximate surface area is 246 Å². The molecular weight excluding hydrogens is 580 g/mol. The number of fused-ring (bicyclic) bond motifs is 2. The van der Waals surface area contributed by atoms with Crippen LogP contribution in [0.2, 0.25) is 0 Å². The van der Waals surface area contributed by atoms with Crippen LogP contribution in [0.25, 0.3) is 0 Å². The predicted octanol–water partition coefficient (Wildman–Crippen LogP) is 0.815. The SMILES string of the molecule is O=C(NCC1CCOC1)C1C(=O)c2ccc(S(=O)(=O)c3ccc4c(c3)C(=O)C(C(=O)NCC3CCOC3)C4=O)cc2C1=O. The number of nitrogens with one attached hydrogen (secondary N) is 2. The van der Waals surface area contributed by atoms with Crippen molar-refractivity contribution in [1.29, 1.82) is 0 Å². The fourth-order valence-electron chi connectivity index (χ4n) is 5.87. The van der Waals surface area contributed by atoms with E-state index in [1.54, 1.807) is 0 Å². The number of sulfone groups is 1. The van der Waals surface area contributed by atoms with Gasteiger partial charge in [-0.15, -0.1) is 0 Å². The summed E-state index contributed by atoms with van der Waals surface area (Å²) < 4.78 is 37.7. The molecule has 43 heavy (non-hydrogen) atoms. The minimum atomic E-state index is -4.34. The average Bonchev–Trinajstić information content (AvgIpc) is 3.80. The molecule has 2 N–H and O–H groups in total. The van der Waals surface area contributed by atoms with E-state index in [4.69, 9.17) is 9.47 Å². The van der Waals surface area contributed by atoms with E-state index < -0.39 is 56.6 Å². The van der Waals surface area contributed by atoms with Gasteiger partial charge in [0, 0.05) is 60.4 Å². The van der Waals surface area contributed by atoms with Crippen LogP contribution in [0.1, 0.15) is 54.3 Å². The van der Waals surface area contributed by atoms with E-state index in [1.807, 2.05) is 0 Å². The summed E-state index contributed by atoms with van der Waals surface area (Å²) in [5.41, 5.74) is -0.485. The highest BCUT2D eigenvalue weighted by molar-refractivity contribution is 7.91. The lowest BCUT2D eigenvalue weighted by Gasteiger charge is -2.11. The Morgan fingerprint density at radius 1 is 0.651 bits per heavy atom. The second kappa shape index (κ2) is 11.2. The molecule has 12 nitrogen and oxygen atoms in total. The highest BCUT2D eigenvalue weighted by Gasteiger charge is 2.46. The second-order valence-corrected chi connectivity index (χ2v) is 13.1. The van der Waals surface area contributed by atoms with E-state index in [1.165, 1.54) is 12.1 Å². The maximum Gasteiger partial charge on any atom is 0.238 e. The summed E-state index contributed by atoms with van der Waals surface area (Å²) in [6, 6.07) is 6.78. The van der Waals surface area contributed by atoms with Crippen molar-refractivity contribution in [3.8, 4) is 0 Å². The molecule has 2 aliphatic heterocycles. The van der Waals surface area contributed by atoms with Gasteiger partial charge in [0.2, 0.25) is 21.7 Å². The summed E-state index contributed by atoms with van der Waals surface area (Å²) in [7, 11) is -4.34. The number of carbonyl (C=O) groups excluding carboxylic acids is 6. The third-order valence-electron chi connectivity index (χ3n) is 8.42. The molecule has 2 aliphatic carbocycles. The van der Waals surface area contributed by atoms with E-state index >= 15 is 0 Å². The third kappa shape index (κ3) is 5.11. The molecule has 2 aromatic rings. The zero-order valence-electron chi connectivity index (χ0n) is 22.9. The molecule has 2 fully saturated rings. The summed E-state index contributed by atoms with van der Waals surface area (Å²) in [6.07, 6.45) is 1.50. The fourth-order valence-corrected chi connectivity index (χ4v) is 7.19. The molecule has 0 radical (unpaired) electrons. The van der Waals surface area contributed by atoms with Crippen molar-refractivity contribution in [1.82, 2.24) is 10.6 Å². The largest absolute Gasteiger partial charge is 0.381 e. The Morgan fingerprint density at radius 3 is 1.42 bits per heavy atom. The van der Waals surface area contributed by atoms with E-state index in [-0.39, 0.29) is 57.0 Å². The van der Waals surface area contributed by atoms with Gasteiger partial charge in [0.25, 0.3) is 0 Å². The first-order valence-corrected chi connectivity index (χ1v) is 15.5. The van der Waals surface area contributed by atoms with Crippen LogP contribution in [0.3, 0.4) is 0 Å². The normalized spacial score (nSPS) is 24.7. The molecular formula is C30H28N2O10S. The molecule has 0 bridgehead atoms. The van der Waals surface area contributed by atoms with E-state index in [2.05, 4.69) is 10.6 Å². The van der Waals surface area contributed by atoms with Crippen molar-refractivity contribution in [2.75, 3.05) is 39.5 Å². The maximum absolute atomic E-state index is 13.6. The highest BCUT2D eigenvalue weighted by Crippen LogP contribution is 2.34. The van der Waals surface area contributed by atoms with Gasteiger partial charge in [-0.2, -0.15) is 0 Å². The van der Waals surface area contributed by atoms with Gasteiger partial charge >= 0.3 is 0 Å². The van der Waals surface area contributed by atoms with E-state index in [0.29, 0.717) is 26.4 Å². The van der Waals surface area contributed by atoms with Crippen LogP contribution in [0.5, 0.6) is 0 Å². The van der Waals surface area contributed by atoms with E-state index in [9.17, 15) is 37.2 Å². The van der Waals surface area contributed by atoms with Gasteiger partial charge in [-0.05, 0) is 49.2 Å². The molecule has 0 saturated carbocycles. The zero-order valence-corrected chi connectivity index (χ0v) is 23.7. The summed E-state index contributed by atoms with van der Waals surface area (Å²) in [5.74, 6) is -7.58. The molecule has 2 amide bonds. The Balaban J connectivity index is 1.20. The number of amides is 2. The van der Waals surface area contributed by atoms with Crippen molar-refractivity contribution in [2.24, 2.45) is 23.7 Å². The quantitative estimate of drug-likeness (QED) is 0.408. The lowest BCUT2D eigenvalue weighted by molar-refractivity contribution is -0.123. The highest BCUT2D eigenvalue weighted by atomic mass is 32.2. The first-order chi connectivity index (χ1) is 20.6. The van der Waals surface area contributed by atoms with Crippen LogP contribution in [0.15, 0.2) is 46.2 Å². The van der Waals surface area contributed by atoms with Gasteiger partial charge in [0.05, 0.1) is 23.0 Å². The van der Waals surface area contributed by atoms with Crippen LogP contribution in [-0.2, 0) is 28.9 Å². The standard InChI is InChI=1S/C30H28N2O10S/c33-25-19-3-1-17(9-21(19)27(35)23(25)29(37)31-11-15-5-7-41-13-15)43(39,40)18-2-4-20-22(10-18)28(36)24(26(20)34)30(38)32-12-16-6-8-42-14-16/h1-4,9-10,15-16,23-24H,5-8,11-14H2,(H,31,37)(H,32,38). The summed E-state index contributed by atoms with van der Waals surface area (Å²) >= 11 is 0. The number of Topliss-reactive ketones (excluding diaryl/α,β-unsaturated/α-hetero) is 4. The number of rotatable bonds is 8. The zero-order chi connectivity index (χ0) is 30.5. The Hall–Kier alpha value is -4.07. The number of benzene rings is 2. The minimum absolute atomic E-state index is 0.0546. The molecule has 2 aromatic carbocycles. The van der Waals surface area contributed by atoms with Gasteiger partial charge < -0.3 is 20.1 Å². The monoisotopic (exact) mass is 608 g/mol. The maximum atomic E-state index is 13.6. The topological polar surface area (TPSA) is 179 Å². The number of carbonyl (C=O) groups is 6.